The van der Waals surface area contributed by atoms with E-state index in [4.69, 9.17) is 13.0 Å². The first kappa shape index (κ1) is 29.3. The predicted molar refractivity (Wildman–Crippen MR) is 112 cm³/mol. The Morgan fingerprint density at radius 1 is 0.667 bits per heavy atom. The fourth-order valence-electron chi connectivity index (χ4n) is 2.62. The third-order valence-corrected chi connectivity index (χ3v) is 7.71. The lowest BCUT2D eigenvalue weighted by molar-refractivity contribution is -0.0510. The number of unbranched alkanes of at least 4 members (excludes halogenated alkanes) is 9. The van der Waals surface area contributed by atoms with Crippen molar-refractivity contribution in [1.29, 1.82) is 0 Å². The maximum atomic E-state index is 10.7. The van der Waals surface area contributed by atoms with Gasteiger partial charge in [0.05, 0.1) is 0 Å². The van der Waals surface area contributed by atoms with E-state index in [1.54, 1.807) is 18.5 Å². The molecule has 0 heterocycles. The summed E-state index contributed by atoms with van der Waals surface area (Å²) in [4.78, 5) is 0. The molecule has 0 radical (unpaired) electrons. The van der Waals surface area contributed by atoms with Crippen LogP contribution in [0.2, 0.25) is 0 Å². The summed E-state index contributed by atoms with van der Waals surface area (Å²) >= 11 is 0. The Hall–Kier alpha value is 0.130. The molecular formula is C19H40F3O3PS. The molecule has 27 heavy (non-hydrogen) atoms. The monoisotopic (exact) mass is 436 g/mol. The lowest BCUT2D eigenvalue weighted by Crippen LogP contribution is -2.21. The van der Waals surface area contributed by atoms with Gasteiger partial charge in [0.1, 0.15) is 0 Å². The topological polar surface area (TPSA) is 54.4 Å². The molecule has 0 fully saturated rings. The molecule has 0 atom stereocenters. The van der Waals surface area contributed by atoms with E-state index in [2.05, 4.69) is 20.8 Å². The number of halogens is 3. The minimum Gasteiger partial charge on any atom is -0.279 e. The van der Waals surface area contributed by atoms with Gasteiger partial charge in [-0.15, -0.1) is 7.92 Å². The predicted octanol–water partition coefficient (Wildman–Crippen LogP) is 7.60. The van der Waals surface area contributed by atoms with E-state index in [0.29, 0.717) is 7.92 Å². The smallest absolute Gasteiger partial charge is 0.279 e. The molecule has 0 unspecified atom stereocenters. The van der Waals surface area contributed by atoms with Gasteiger partial charge >= 0.3 is 15.6 Å². The highest BCUT2D eigenvalue weighted by Crippen LogP contribution is 2.39. The van der Waals surface area contributed by atoms with Crippen molar-refractivity contribution >= 4 is 18.0 Å². The van der Waals surface area contributed by atoms with Gasteiger partial charge in [-0.1, -0.05) is 78.6 Å². The van der Waals surface area contributed by atoms with Crippen LogP contribution in [-0.2, 0) is 10.1 Å². The van der Waals surface area contributed by atoms with Gasteiger partial charge in [-0.3, -0.25) is 4.55 Å². The van der Waals surface area contributed by atoms with Gasteiger partial charge in [0, 0.05) is 0 Å². The van der Waals surface area contributed by atoms with Crippen LogP contribution in [0.1, 0.15) is 97.8 Å². The first-order chi connectivity index (χ1) is 12.6. The first-order valence-electron chi connectivity index (χ1n) is 10.4. The van der Waals surface area contributed by atoms with Crippen LogP contribution in [0.25, 0.3) is 0 Å². The van der Waals surface area contributed by atoms with Crippen LogP contribution < -0.4 is 0 Å². The Kier molecular flexibility index (Phi) is 19.7. The summed E-state index contributed by atoms with van der Waals surface area (Å²) in [6.07, 6.45) is 22.2. The summed E-state index contributed by atoms with van der Waals surface area (Å²) in [5, 5.41) is 0. The van der Waals surface area contributed by atoms with E-state index in [1.807, 2.05) is 0 Å². The van der Waals surface area contributed by atoms with Gasteiger partial charge in [0.15, 0.2) is 0 Å². The van der Waals surface area contributed by atoms with E-state index in [-0.39, 0.29) is 0 Å². The maximum Gasteiger partial charge on any atom is 0.522 e. The molecule has 3 nitrogen and oxygen atoms in total. The molecule has 0 bridgehead atoms. The average Bonchev–Trinajstić information content (AvgIpc) is 2.57. The summed E-state index contributed by atoms with van der Waals surface area (Å²) in [5.41, 5.74) is -5.53. The van der Waals surface area contributed by atoms with Crippen LogP contribution in [0.4, 0.5) is 13.2 Å². The Labute approximate surface area is 166 Å². The summed E-state index contributed by atoms with van der Waals surface area (Å²) in [6, 6.07) is 0. The second-order valence-corrected chi connectivity index (χ2v) is 11.0. The minimum atomic E-state index is -5.84. The van der Waals surface area contributed by atoms with Crippen molar-refractivity contribution < 1.29 is 26.1 Å². The van der Waals surface area contributed by atoms with Gasteiger partial charge in [-0.05, 0) is 37.7 Å². The van der Waals surface area contributed by atoms with Crippen LogP contribution in [0.3, 0.4) is 0 Å². The standard InChI is InChI=1S/C18H39P.CHF3O3S/c1-4-7-10-13-16-19(17-14-11-8-5-2)18-15-12-9-6-3;2-1(3,4)8(5,6)7/h4-18H2,1-3H3;(H,5,6,7). The van der Waals surface area contributed by atoms with Crippen molar-refractivity contribution in [3.05, 3.63) is 0 Å². The normalized spacial score (nSPS) is 12.1. The number of alkyl halides is 3. The zero-order valence-electron chi connectivity index (χ0n) is 17.4. The van der Waals surface area contributed by atoms with Crippen molar-refractivity contribution in [3.63, 3.8) is 0 Å². The lowest BCUT2D eigenvalue weighted by atomic mass is 10.2. The molecule has 8 heteroatoms. The second-order valence-electron chi connectivity index (χ2n) is 6.94. The summed E-state index contributed by atoms with van der Waals surface area (Å²) < 4.78 is 57.5. The molecule has 0 amide bonds. The van der Waals surface area contributed by atoms with Gasteiger partial charge in [0.2, 0.25) is 0 Å². The third kappa shape index (κ3) is 20.7. The second kappa shape index (κ2) is 18.2. The molecule has 0 rings (SSSR count). The SMILES string of the molecule is CCCCCCP(CCCCCC)CCCCCC.O=S(=O)(O)C(F)(F)F. The fourth-order valence-corrected chi connectivity index (χ4v) is 5.31. The van der Waals surface area contributed by atoms with E-state index < -0.39 is 15.6 Å². The largest absolute Gasteiger partial charge is 0.522 e. The average molecular weight is 437 g/mol. The molecule has 0 saturated heterocycles. The molecule has 0 aliphatic heterocycles. The van der Waals surface area contributed by atoms with Crippen LogP contribution >= 0.6 is 7.92 Å². The first-order valence-corrected chi connectivity index (χ1v) is 13.7. The minimum absolute atomic E-state index is 0.389. The molecule has 0 spiro atoms. The fraction of sp³-hybridized carbons (Fsp3) is 1.00. The summed E-state index contributed by atoms with van der Waals surface area (Å²) in [6.45, 7) is 6.95. The maximum absolute atomic E-state index is 10.7. The molecule has 0 aliphatic rings. The summed E-state index contributed by atoms with van der Waals surface area (Å²) in [7, 11) is -5.45. The van der Waals surface area contributed by atoms with E-state index in [1.165, 1.54) is 77.0 Å². The molecule has 0 aliphatic carbocycles. The molecule has 1 N–H and O–H groups in total. The van der Waals surface area contributed by atoms with Crippen LogP contribution in [-0.4, -0.2) is 37.0 Å². The van der Waals surface area contributed by atoms with Crippen molar-refractivity contribution in [2.45, 2.75) is 103 Å². The Morgan fingerprint density at radius 2 is 0.926 bits per heavy atom. The van der Waals surface area contributed by atoms with Gasteiger partial charge in [0.25, 0.3) is 0 Å². The van der Waals surface area contributed by atoms with Gasteiger partial charge in [-0.25, -0.2) is 0 Å². The highest BCUT2D eigenvalue weighted by Gasteiger charge is 2.44. The quantitative estimate of drug-likeness (QED) is 0.124. The Bertz CT molecular complexity index is 386. The van der Waals surface area contributed by atoms with Crippen molar-refractivity contribution in [1.82, 2.24) is 0 Å². The number of rotatable bonds is 15. The molecule has 0 saturated carbocycles. The Morgan fingerprint density at radius 3 is 1.11 bits per heavy atom. The highest BCUT2D eigenvalue weighted by molar-refractivity contribution is 7.86. The lowest BCUT2D eigenvalue weighted by Gasteiger charge is -2.17. The molecular weight excluding hydrogens is 396 g/mol. The number of hydrogen-bond donors (Lipinski definition) is 1. The van der Waals surface area contributed by atoms with E-state index in [0.717, 1.165) is 0 Å². The van der Waals surface area contributed by atoms with Crippen molar-refractivity contribution in [2.24, 2.45) is 0 Å². The zero-order chi connectivity index (χ0) is 21.2. The molecule has 0 aromatic rings. The van der Waals surface area contributed by atoms with Gasteiger partial charge in [-0.2, -0.15) is 21.6 Å². The van der Waals surface area contributed by atoms with Crippen LogP contribution in [0.5, 0.6) is 0 Å². The van der Waals surface area contributed by atoms with Crippen LogP contribution in [0, 0.1) is 0 Å². The molecule has 0 aromatic heterocycles. The van der Waals surface area contributed by atoms with E-state index in [9.17, 15) is 13.2 Å². The highest BCUT2D eigenvalue weighted by atomic mass is 32.2. The zero-order valence-corrected chi connectivity index (χ0v) is 19.1. The van der Waals surface area contributed by atoms with Gasteiger partial charge < -0.3 is 0 Å². The van der Waals surface area contributed by atoms with E-state index >= 15 is 0 Å². The molecule has 166 valence electrons. The third-order valence-electron chi connectivity index (χ3n) is 4.28. The van der Waals surface area contributed by atoms with Crippen LogP contribution in [0.15, 0.2) is 0 Å². The summed E-state index contributed by atoms with van der Waals surface area (Å²) in [5.74, 6) is 0. The number of hydrogen-bond acceptors (Lipinski definition) is 2. The molecule has 0 aromatic carbocycles. The van der Waals surface area contributed by atoms with Crippen molar-refractivity contribution in [2.75, 3.05) is 18.5 Å². The Balaban J connectivity index is 0. The van der Waals surface area contributed by atoms with Crippen molar-refractivity contribution in [3.8, 4) is 0 Å².